The maximum absolute atomic E-state index is 13.5. The van der Waals surface area contributed by atoms with Crippen LogP contribution >= 0.6 is 11.6 Å². The van der Waals surface area contributed by atoms with Crippen molar-refractivity contribution in [1.82, 2.24) is 20.9 Å². The molecular weight excluding hydrogens is 535 g/mol. The summed E-state index contributed by atoms with van der Waals surface area (Å²) in [6.45, 7) is 0.725. The Morgan fingerprint density at radius 2 is 1.80 bits per heavy atom. The minimum Gasteiger partial charge on any atom is -0.392 e. The molecule has 3 aliphatic rings. The molecule has 2 saturated heterocycles. The van der Waals surface area contributed by atoms with E-state index in [0.717, 1.165) is 24.0 Å². The third-order valence-corrected chi connectivity index (χ3v) is 7.88. The number of nitrogens with zero attached hydrogens (tertiary/aromatic N) is 1. The molecule has 0 aromatic heterocycles. The molecule has 210 valence electrons. The molecule has 8 nitrogen and oxygen atoms in total. The summed E-state index contributed by atoms with van der Waals surface area (Å²) in [6.07, 6.45) is 1.32. The Morgan fingerprint density at radius 1 is 1.07 bits per heavy atom. The molecule has 1 saturated carbocycles. The summed E-state index contributed by atoms with van der Waals surface area (Å²) in [5, 5.41) is 18.2. The molecule has 40 heavy (non-hydrogen) atoms. The van der Waals surface area contributed by atoms with Gasteiger partial charge < -0.3 is 26.0 Å². The highest BCUT2D eigenvalue weighted by Gasteiger charge is 2.42. The molecule has 2 aliphatic heterocycles. The molecule has 0 unspecified atom stereocenters. The third-order valence-electron chi connectivity index (χ3n) is 7.56. The molecule has 2 heterocycles. The van der Waals surface area contributed by atoms with Crippen LogP contribution < -0.4 is 16.0 Å². The SMILES string of the molecule is O=C(NC[C@H]1C[C@@H](NC(=O)[C@@H]2C[C@H](F)CN2)CN1C(=O)C1CC1)c1ccc(C#Cc2ccc(CO)cc2)cc1Cl. The van der Waals surface area contributed by atoms with Crippen LogP contribution in [0.25, 0.3) is 0 Å². The number of likely N-dealkylation sites (tertiary alicyclic amines) is 1. The Morgan fingerprint density at radius 3 is 2.45 bits per heavy atom. The number of amides is 3. The highest BCUT2D eigenvalue weighted by molar-refractivity contribution is 6.34. The number of hydrogen-bond acceptors (Lipinski definition) is 5. The van der Waals surface area contributed by atoms with Crippen molar-refractivity contribution in [2.45, 2.75) is 56.6 Å². The standard InChI is InChI=1S/C30H32ClFN4O4/c31-26-11-19(4-1-18-2-5-20(17-37)6-3-18)7-10-25(26)28(38)34-15-24-13-23(16-36(24)30(40)21-8-9-21)35-29(39)27-12-22(32)14-33-27/h2-3,5-7,10-11,21-24,27,33,37H,8-9,12-17H2,(H,34,38)(H,35,39)/t22-,23+,24+,27-/m0/s1. The van der Waals surface area contributed by atoms with Gasteiger partial charge in [-0.1, -0.05) is 35.6 Å². The normalized spacial score (nSPS) is 23.8. The number of aliphatic hydroxyl groups excluding tert-OH is 1. The molecule has 0 bridgehead atoms. The van der Waals surface area contributed by atoms with E-state index in [1.54, 1.807) is 35.2 Å². The van der Waals surface area contributed by atoms with Crippen LogP contribution in [0.3, 0.4) is 0 Å². The monoisotopic (exact) mass is 566 g/mol. The van der Waals surface area contributed by atoms with Crippen molar-refractivity contribution in [2.24, 2.45) is 5.92 Å². The summed E-state index contributed by atoms with van der Waals surface area (Å²) in [5.41, 5.74) is 2.55. The van der Waals surface area contributed by atoms with Gasteiger partial charge in [-0.2, -0.15) is 0 Å². The van der Waals surface area contributed by atoms with E-state index in [4.69, 9.17) is 16.7 Å². The van der Waals surface area contributed by atoms with E-state index < -0.39 is 12.2 Å². The minimum atomic E-state index is -1.03. The number of benzene rings is 2. The lowest BCUT2D eigenvalue weighted by Gasteiger charge is -2.25. The second-order valence-electron chi connectivity index (χ2n) is 10.7. The highest BCUT2D eigenvalue weighted by atomic mass is 35.5. The number of aliphatic hydroxyl groups is 1. The first-order valence-electron chi connectivity index (χ1n) is 13.6. The van der Waals surface area contributed by atoms with Crippen LogP contribution in [-0.4, -0.2) is 71.7 Å². The van der Waals surface area contributed by atoms with Gasteiger partial charge in [-0.25, -0.2) is 4.39 Å². The number of hydrogen-bond donors (Lipinski definition) is 4. The van der Waals surface area contributed by atoms with Crippen molar-refractivity contribution in [1.29, 1.82) is 0 Å². The lowest BCUT2D eigenvalue weighted by atomic mass is 10.1. The molecule has 2 aromatic carbocycles. The Bertz CT molecular complexity index is 1340. The zero-order valence-corrected chi connectivity index (χ0v) is 22.7. The Balaban J connectivity index is 1.19. The van der Waals surface area contributed by atoms with Crippen LogP contribution in [0.1, 0.15) is 52.7 Å². The molecule has 4 atom stereocenters. The minimum absolute atomic E-state index is 0.00663. The fourth-order valence-corrected chi connectivity index (χ4v) is 5.43. The van der Waals surface area contributed by atoms with Gasteiger partial charge in [0, 0.05) is 49.1 Å². The maximum atomic E-state index is 13.5. The summed E-state index contributed by atoms with van der Waals surface area (Å²) >= 11 is 6.42. The number of carbonyl (C=O) groups excluding carboxylic acids is 3. The summed E-state index contributed by atoms with van der Waals surface area (Å²) in [4.78, 5) is 40.3. The smallest absolute Gasteiger partial charge is 0.252 e. The Kier molecular flexibility index (Phi) is 8.69. The van der Waals surface area contributed by atoms with Crippen molar-refractivity contribution in [3.63, 3.8) is 0 Å². The topological polar surface area (TPSA) is 111 Å². The number of rotatable bonds is 7. The van der Waals surface area contributed by atoms with Gasteiger partial charge in [0.2, 0.25) is 11.8 Å². The van der Waals surface area contributed by atoms with E-state index in [1.165, 1.54) is 0 Å². The van der Waals surface area contributed by atoms with Crippen molar-refractivity contribution < 1.29 is 23.9 Å². The van der Waals surface area contributed by atoms with Gasteiger partial charge in [0.05, 0.1) is 29.3 Å². The van der Waals surface area contributed by atoms with E-state index in [2.05, 4.69) is 27.8 Å². The highest BCUT2D eigenvalue weighted by Crippen LogP contribution is 2.34. The molecule has 0 radical (unpaired) electrons. The second kappa shape index (κ2) is 12.4. The Labute approximate surface area is 237 Å². The fourth-order valence-electron chi connectivity index (χ4n) is 5.16. The van der Waals surface area contributed by atoms with Gasteiger partial charge in [-0.15, -0.1) is 0 Å². The van der Waals surface area contributed by atoms with Gasteiger partial charge in [-0.3, -0.25) is 14.4 Å². The molecule has 2 aromatic rings. The second-order valence-corrected chi connectivity index (χ2v) is 11.1. The molecule has 5 rings (SSSR count). The van der Waals surface area contributed by atoms with Crippen LogP contribution in [0.5, 0.6) is 0 Å². The molecule has 1 aliphatic carbocycles. The van der Waals surface area contributed by atoms with Gasteiger partial charge in [0.1, 0.15) is 6.17 Å². The van der Waals surface area contributed by atoms with Gasteiger partial charge in [0.15, 0.2) is 0 Å². The number of halogens is 2. The van der Waals surface area contributed by atoms with E-state index in [9.17, 15) is 18.8 Å². The summed E-state index contributed by atoms with van der Waals surface area (Å²) < 4.78 is 13.5. The van der Waals surface area contributed by atoms with Crippen molar-refractivity contribution in [2.75, 3.05) is 19.6 Å². The summed E-state index contributed by atoms with van der Waals surface area (Å²) in [7, 11) is 0. The van der Waals surface area contributed by atoms with Crippen LogP contribution in [0.15, 0.2) is 42.5 Å². The average molecular weight is 567 g/mol. The number of nitrogens with one attached hydrogen (secondary N) is 3. The van der Waals surface area contributed by atoms with Crippen LogP contribution in [0.4, 0.5) is 4.39 Å². The first kappa shape index (κ1) is 28.1. The van der Waals surface area contributed by atoms with Crippen LogP contribution in [0.2, 0.25) is 5.02 Å². The first-order valence-corrected chi connectivity index (χ1v) is 14.0. The quantitative estimate of drug-likeness (QED) is 0.384. The van der Waals surface area contributed by atoms with Crippen molar-refractivity contribution in [3.8, 4) is 11.8 Å². The maximum Gasteiger partial charge on any atom is 0.252 e. The van der Waals surface area contributed by atoms with Gasteiger partial charge in [-0.05, 0) is 55.2 Å². The lowest BCUT2D eigenvalue weighted by Crippen LogP contribution is -2.46. The lowest BCUT2D eigenvalue weighted by molar-refractivity contribution is -0.133. The summed E-state index contributed by atoms with van der Waals surface area (Å²) in [5.74, 6) is 5.50. The summed E-state index contributed by atoms with van der Waals surface area (Å²) in [6, 6.07) is 11.1. The number of alkyl halides is 1. The zero-order chi connectivity index (χ0) is 28.2. The molecule has 3 fully saturated rings. The van der Waals surface area contributed by atoms with Crippen molar-refractivity contribution in [3.05, 3.63) is 69.7 Å². The fraction of sp³-hybridized carbons (Fsp3) is 0.433. The van der Waals surface area contributed by atoms with Crippen LogP contribution in [-0.2, 0) is 16.2 Å². The van der Waals surface area contributed by atoms with Gasteiger partial charge in [0.25, 0.3) is 5.91 Å². The predicted molar refractivity (Wildman–Crippen MR) is 148 cm³/mol. The number of carbonyl (C=O) groups is 3. The Hall–Kier alpha value is -3.45. The van der Waals surface area contributed by atoms with Gasteiger partial charge >= 0.3 is 0 Å². The largest absolute Gasteiger partial charge is 0.392 e. The van der Waals surface area contributed by atoms with E-state index in [1.807, 2.05) is 12.1 Å². The van der Waals surface area contributed by atoms with E-state index in [-0.39, 0.29) is 66.9 Å². The third kappa shape index (κ3) is 6.81. The molecule has 4 N–H and O–H groups in total. The van der Waals surface area contributed by atoms with E-state index >= 15 is 0 Å². The van der Waals surface area contributed by atoms with E-state index in [0.29, 0.717) is 24.1 Å². The van der Waals surface area contributed by atoms with Crippen molar-refractivity contribution >= 4 is 29.3 Å². The van der Waals surface area contributed by atoms with Crippen LogP contribution in [0, 0.1) is 17.8 Å². The molecular formula is C30H32ClFN4O4. The molecule has 3 amide bonds. The molecule has 10 heteroatoms. The first-order chi connectivity index (χ1) is 19.3. The predicted octanol–water partition coefficient (Wildman–Crippen LogP) is 2.16. The zero-order valence-electron chi connectivity index (χ0n) is 22.0. The molecule has 0 spiro atoms. The average Bonchev–Trinajstić information content (AvgIpc) is 3.59.